The van der Waals surface area contributed by atoms with Gasteiger partial charge in [-0.15, -0.1) is 0 Å². The number of aromatic hydroxyl groups is 1. The molecule has 1 aromatic heterocycles. The standard InChI is InChI=1S/C13H14O3/c1-3-4-9-6-12(15)16-11-7-10(14)5-8(2)13(9)11/h5-7,14H,3-4H2,1-2H3. The van der Waals surface area contributed by atoms with E-state index in [-0.39, 0.29) is 11.4 Å². The van der Waals surface area contributed by atoms with Crippen LogP contribution in [0.25, 0.3) is 11.0 Å². The van der Waals surface area contributed by atoms with E-state index < -0.39 is 0 Å². The SMILES string of the molecule is CCCc1cc(=O)oc2cc(O)cc(C)c12. The summed E-state index contributed by atoms with van der Waals surface area (Å²) in [6.45, 7) is 3.97. The fourth-order valence-corrected chi connectivity index (χ4v) is 2.05. The highest BCUT2D eigenvalue weighted by molar-refractivity contribution is 5.85. The molecule has 0 unspecified atom stereocenters. The number of phenolic OH excluding ortho intramolecular Hbond substituents is 1. The fourth-order valence-electron chi connectivity index (χ4n) is 2.05. The van der Waals surface area contributed by atoms with Crippen LogP contribution in [0.3, 0.4) is 0 Å². The molecule has 0 radical (unpaired) electrons. The maximum Gasteiger partial charge on any atom is 0.336 e. The smallest absolute Gasteiger partial charge is 0.336 e. The Kier molecular flexibility index (Phi) is 2.69. The predicted molar refractivity (Wildman–Crippen MR) is 62.9 cm³/mol. The number of phenols is 1. The third-order valence-electron chi connectivity index (χ3n) is 2.63. The van der Waals surface area contributed by atoms with E-state index in [4.69, 9.17) is 4.42 Å². The van der Waals surface area contributed by atoms with Gasteiger partial charge in [-0.2, -0.15) is 0 Å². The molecule has 16 heavy (non-hydrogen) atoms. The highest BCUT2D eigenvalue weighted by Gasteiger charge is 2.08. The summed E-state index contributed by atoms with van der Waals surface area (Å²) < 4.78 is 5.09. The van der Waals surface area contributed by atoms with Crippen molar-refractivity contribution in [1.29, 1.82) is 0 Å². The van der Waals surface area contributed by atoms with Crippen molar-refractivity contribution in [3.05, 3.63) is 39.7 Å². The van der Waals surface area contributed by atoms with E-state index in [1.165, 1.54) is 12.1 Å². The summed E-state index contributed by atoms with van der Waals surface area (Å²) in [6, 6.07) is 4.71. The number of hydrogen-bond acceptors (Lipinski definition) is 3. The molecule has 0 fully saturated rings. The number of hydrogen-bond donors (Lipinski definition) is 1. The van der Waals surface area contributed by atoms with Crippen molar-refractivity contribution in [2.75, 3.05) is 0 Å². The molecule has 0 spiro atoms. The topological polar surface area (TPSA) is 50.4 Å². The van der Waals surface area contributed by atoms with Gasteiger partial charge in [0.05, 0.1) is 0 Å². The minimum absolute atomic E-state index is 0.127. The van der Waals surface area contributed by atoms with Gasteiger partial charge in [0.15, 0.2) is 0 Å². The lowest BCUT2D eigenvalue weighted by atomic mass is 10.0. The molecular weight excluding hydrogens is 204 g/mol. The van der Waals surface area contributed by atoms with E-state index >= 15 is 0 Å². The molecule has 1 N–H and O–H groups in total. The van der Waals surface area contributed by atoms with Crippen molar-refractivity contribution in [3.8, 4) is 5.75 Å². The lowest BCUT2D eigenvalue weighted by Gasteiger charge is -2.07. The summed E-state index contributed by atoms with van der Waals surface area (Å²) in [6.07, 6.45) is 1.81. The Bertz CT molecular complexity index is 581. The van der Waals surface area contributed by atoms with Crippen molar-refractivity contribution in [2.24, 2.45) is 0 Å². The van der Waals surface area contributed by atoms with Gasteiger partial charge in [-0.05, 0) is 30.5 Å². The van der Waals surface area contributed by atoms with Crippen molar-refractivity contribution < 1.29 is 9.52 Å². The zero-order valence-corrected chi connectivity index (χ0v) is 9.41. The van der Waals surface area contributed by atoms with E-state index in [1.54, 1.807) is 6.07 Å². The Labute approximate surface area is 93.3 Å². The lowest BCUT2D eigenvalue weighted by Crippen LogP contribution is -2.01. The molecule has 0 aliphatic rings. The van der Waals surface area contributed by atoms with E-state index in [0.717, 1.165) is 29.4 Å². The van der Waals surface area contributed by atoms with Crippen LogP contribution in [0.1, 0.15) is 24.5 Å². The highest BCUT2D eigenvalue weighted by Crippen LogP contribution is 2.26. The number of fused-ring (bicyclic) bond motifs is 1. The van der Waals surface area contributed by atoms with Crippen LogP contribution in [0.4, 0.5) is 0 Å². The van der Waals surface area contributed by atoms with Crippen molar-refractivity contribution in [3.63, 3.8) is 0 Å². The van der Waals surface area contributed by atoms with Crippen LogP contribution in [-0.2, 0) is 6.42 Å². The number of aryl methyl sites for hydroxylation is 2. The van der Waals surface area contributed by atoms with Crippen LogP contribution in [0, 0.1) is 6.92 Å². The van der Waals surface area contributed by atoms with Crippen LogP contribution in [0.5, 0.6) is 5.75 Å². The van der Waals surface area contributed by atoms with Gasteiger partial charge in [0.25, 0.3) is 0 Å². The average molecular weight is 218 g/mol. The highest BCUT2D eigenvalue weighted by atomic mass is 16.4. The van der Waals surface area contributed by atoms with Gasteiger partial charge in [-0.3, -0.25) is 0 Å². The largest absolute Gasteiger partial charge is 0.508 e. The molecule has 2 aromatic rings. The Morgan fingerprint density at radius 3 is 2.75 bits per heavy atom. The summed E-state index contributed by atoms with van der Waals surface area (Å²) in [5.41, 5.74) is 2.03. The Hall–Kier alpha value is -1.77. The molecule has 0 saturated carbocycles. The third kappa shape index (κ3) is 1.81. The minimum atomic E-state index is -0.360. The second-order valence-electron chi connectivity index (χ2n) is 3.98. The third-order valence-corrected chi connectivity index (χ3v) is 2.63. The van der Waals surface area contributed by atoms with Crippen molar-refractivity contribution in [1.82, 2.24) is 0 Å². The molecular formula is C13H14O3. The Balaban J connectivity index is 2.84. The molecule has 0 saturated heterocycles. The average Bonchev–Trinajstić information content (AvgIpc) is 2.15. The summed E-state index contributed by atoms with van der Waals surface area (Å²) in [7, 11) is 0. The molecule has 0 amide bonds. The fraction of sp³-hybridized carbons (Fsp3) is 0.308. The zero-order valence-electron chi connectivity index (χ0n) is 9.41. The minimum Gasteiger partial charge on any atom is -0.508 e. The molecule has 0 bridgehead atoms. The molecule has 3 heteroatoms. The number of rotatable bonds is 2. The van der Waals surface area contributed by atoms with Gasteiger partial charge >= 0.3 is 5.63 Å². The molecule has 0 aliphatic carbocycles. The molecule has 0 atom stereocenters. The van der Waals surface area contributed by atoms with E-state index in [9.17, 15) is 9.90 Å². The predicted octanol–water partition coefficient (Wildman–Crippen LogP) is 2.76. The summed E-state index contributed by atoms with van der Waals surface area (Å²) >= 11 is 0. The van der Waals surface area contributed by atoms with Crippen molar-refractivity contribution in [2.45, 2.75) is 26.7 Å². The van der Waals surface area contributed by atoms with Crippen LogP contribution in [-0.4, -0.2) is 5.11 Å². The van der Waals surface area contributed by atoms with Gasteiger partial charge in [0.2, 0.25) is 0 Å². The van der Waals surface area contributed by atoms with E-state index in [0.29, 0.717) is 5.58 Å². The van der Waals surface area contributed by atoms with Crippen LogP contribution < -0.4 is 5.63 Å². The zero-order chi connectivity index (χ0) is 11.7. The van der Waals surface area contributed by atoms with Gasteiger partial charge in [0, 0.05) is 17.5 Å². The molecule has 2 rings (SSSR count). The van der Waals surface area contributed by atoms with Gasteiger partial charge in [-0.25, -0.2) is 4.79 Å². The second kappa shape index (κ2) is 4.00. The van der Waals surface area contributed by atoms with Gasteiger partial charge < -0.3 is 9.52 Å². The second-order valence-corrected chi connectivity index (χ2v) is 3.98. The van der Waals surface area contributed by atoms with E-state index in [1.807, 2.05) is 6.92 Å². The molecule has 1 heterocycles. The van der Waals surface area contributed by atoms with Crippen LogP contribution >= 0.6 is 0 Å². The first kappa shape index (κ1) is 10.7. The van der Waals surface area contributed by atoms with Gasteiger partial charge in [-0.1, -0.05) is 13.3 Å². The lowest BCUT2D eigenvalue weighted by molar-refractivity contribution is 0.472. The summed E-state index contributed by atoms with van der Waals surface area (Å²) in [4.78, 5) is 11.4. The van der Waals surface area contributed by atoms with Crippen LogP contribution in [0.15, 0.2) is 27.4 Å². The molecule has 0 aliphatic heterocycles. The molecule has 1 aromatic carbocycles. The molecule has 3 nitrogen and oxygen atoms in total. The summed E-state index contributed by atoms with van der Waals surface area (Å²) in [5.74, 6) is 0.127. The van der Waals surface area contributed by atoms with Gasteiger partial charge in [0.1, 0.15) is 11.3 Å². The Morgan fingerprint density at radius 1 is 1.31 bits per heavy atom. The molecule has 84 valence electrons. The first-order valence-corrected chi connectivity index (χ1v) is 5.38. The first-order chi connectivity index (χ1) is 7.61. The van der Waals surface area contributed by atoms with Crippen LogP contribution in [0.2, 0.25) is 0 Å². The monoisotopic (exact) mass is 218 g/mol. The van der Waals surface area contributed by atoms with Crippen molar-refractivity contribution >= 4 is 11.0 Å². The maximum atomic E-state index is 11.4. The summed E-state index contributed by atoms with van der Waals surface area (Å²) in [5, 5.41) is 10.4. The van der Waals surface area contributed by atoms with E-state index in [2.05, 4.69) is 6.92 Å². The maximum absolute atomic E-state index is 11.4. The normalized spacial score (nSPS) is 10.9. The first-order valence-electron chi connectivity index (χ1n) is 5.38. The Morgan fingerprint density at radius 2 is 2.06 bits per heavy atom. The number of benzene rings is 1. The quantitative estimate of drug-likeness (QED) is 0.788.